The lowest BCUT2D eigenvalue weighted by Gasteiger charge is -2.44. The second-order valence-corrected chi connectivity index (χ2v) is 10.2. The largest absolute Gasteiger partial charge is 0.492 e. The lowest BCUT2D eigenvalue weighted by atomic mass is 9.78. The van der Waals surface area contributed by atoms with E-state index in [1.165, 1.54) is 5.56 Å². The average Bonchev–Trinajstić information content (AvgIpc) is 2.76. The number of hydrogen-bond acceptors (Lipinski definition) is 4. The van der Waals surface area contributed by atoms with Gasteiger partial charge in [0.25, 0.3) is 0 Å². The molecule has 29 heavy (non-hydrogen) atoms. The number of sulfonamides is 1. The number of nitrogens with zero attached hydrogens (tertiary/aromatic N) is 2. The first-order valence-corrected chi connectivity index (χ1v) is 11.9. The average molecular weight is 415 g/mol. The van der Waals surface area contributed by atoms with E-state index in [4.69, 9.17) is 4.74 Å². The molecule has 0 N–H and O–H groups in total. The minimum Gasteiger partial charge on any atom is -0.492 e. The van der Waals surface area contributed by atoms with Crippen LogP contribution in [0.15, 0.2) is 59.5 Å². The highest BCUT2D eigenvalue weighted by molar-refractivity contribution is 7.89. The van der Waals surface area contributed by atoms with Crippen LogP contribution in [0.4, 0.5) is 0 Å². The molecule has 2 heterocycles. The first-order valence-electron chi connectivity index (χ1n) is 10.5. The molecule has 1 saturated heterocycles. The molecule has 0 unspecified atom stereocenters. The summed E-state index contributed by atoms with van der Waals surface area (Å²) >= 11 is 0. The fourth-order valence-electron chi connectivity index (χ4n) is 4.42. The molecule has 0 saturated carbocycles. The molecular weight excluding hydrogens is 384 g/mol. The molecule has 156 valence electrons. The maximum atomic E-state index is 13.2. The van der Waals surface area contributed by atoms with E-state index in [1.807, 2.05) is 13.0 Å². The molecule has 5 nitrogen and oxygen atoms in total. The van der Waals surface area contributed by atoms with Gasteiger partial charge in [-0.2, -0.15) is 4.31 Å². The van der Waals surface area contributed by atoms with Crippen LogP contribution in [0, 0.1) is 5.41 Å². The van der Waals surface area contributed by atoms with Gasteiger partial charge in [0.05, 0.1) is 6.61 Å². The van der Waals surface area contributed by atoms with Gasteiger partial charge in [-0.3, -0.25) is 0 Å². The van der Waals surface area contributed by atoms with Crippen LogP contribution in [0.25, 0.3) is 0 Å². The summed E-state index contributed by atoms with van der Waals surface area (Å²) in [7, 11) is -3.53. The lowest BCUT2D eigenvalue weighted by Crippen LogP contribution is -2.51. The smallest absolute Gasteiger partial charge is 0.246 e. The maximum Gasteiger partial charge on any atom is 0.246 e. The second kappa shape index (κ2) is 8.46. The van der Waals surface area contributed by atoms with E-state index in [1.54, 1.807) is 22.5 Å². The van der Waals surface area contributed by atoms with Crippen LogP contribution in [0.1, 0.15) is 25.3 Å². The topological polar surface area (TPSA) is 49.9 Å². The number of hydrogen-bond donors (Lipinski definition) is 0. The van der Waals surface area contributed by atoms with Crippen LogP contribution in [0.2, 0.25) is 0 Å². The maximum absolute atomic E-state index is 13.2. The Morgan fingerprint density at radius 3 is 2.41 bits per heavy atom. The van der Waals surface area contributed by atoms with Gasteiger partial charge in [0.1, 0.15) is 10.6 Å². The van der Waals surface area contributed by atoms with E-state index in [9.17, 15) is 8.42 Å². The highest BCUT2D eigenvalue weighted by Crippen LogP contribution is 2.39. The second-order valence-electron chi connectivity index (χ2n) is 8.24. The number of benzene rings is 2. The summed E-state index contributed by atoms with van der Waals surface area (Å²) in [5.41, 5.74) is 1.24. The zero-order chi connectivity index (χ0) is 20.3. The van der Waals surface area contributed by atoms with Crippen molar-refractivity contribution in [3.05, 3.63) is 60.2 Å². The SMILES string of the molecule is CCN1CC2(CCN(CCc3ccccc3)CC2)COc2ccccc2S1(=O)=O. The number of likely N-dealkylation sites (tertiary alicyclic amines) is 1. The molecule has 1 spiro atoms. The van der Waals surface area contributed by atoms with E-state index in [0.29, 0.717) is 25.4 Å². The monoisotopic (exact) mass is 414 g/mol. The summed E-state index contributed by atoms with van der Waals surface area (Å²) in [5, 5.41) is 0. The summed E-state index contributed by atoms with van der Waals surface area (Å²) in [6, 6.07) is 17.6. The summed E-state index contributed by atoms with van der Waals surface area (Å²) in [6.07, 6.45) is 2.96. The molecule has 1 fully saturated rings. The third kappa shape index (κ3) is 4.34. The van der Waals surface area contributed by atoms with E-state index < -0.39 is 10.0 Å². The molecule has 0 aromatic heterocycles. The highest BCUT2D eigenvalue weighted by atomic mass is 32.2. The number of para-hydroxylation sites is 1. The van der Waals surface area contributed by atoms with Crippen molar-refractivity contribution in [2.24, 2.45) is 5.41 Å². The zero-order valence-electron chi connectivity index (χ0n) is 17.1. The van der Waals surface area contributed by atoms with Crippen LogP contribution >= 0.6 is 0 Å². The zero-order valence-corrected chi connectivity index (χ0v) is 17.9. The Morgan fingerprint density at radius 1 is 1.00 bits per heavy atom. The predicted octanol–water partition coefficient (Wildman–Crippen LogP) is 3.41. The van der Waals surface area contributed by atoms with Gasteiger partial charge in [-0.25, -0.2) is 8.42 Å². The predicted molar refractivity (Wildman–Crippen MR) is 115 cm³/mol. The standard InChI is InChI=1S/C23H30N2O3S/c1-2-25-18-23(19-28-21-10-6-7-11-22(21)29(25,26)27)13-16-24(17-14-23)15-12-20-8-4-3-5-9-20/h3-11H,2,12-19H2,1H3. The number of rotatable bonds is 4. The summed E-state index contributed by atoms with van der Waals surface area (Å²) < 4.78 is 34.1. The van der Waals surface area contributed by atoms with Gasteiger partial charge in [-0.1, -0.05) is 49.4 Å². The Bertz CT molecular complexity index is 922. The Balaban J connectivity index is 1.46. The van der Waals surface area contributed by atoms with Gasteiger partial charge < -0.3 is 9.64 Å². The Labute approximate surface area is 174 Å². The Kier molecular flexibility index (Phi) is 5.95. The van der Waals surface area contributed by atoms with Gasteiger partial charge in [-0.05, 0) is 50.0 Å². The number of piperidine rings is 1. The van der Waals surface area contributed by atoms with Gasteiger partial charge in [0.15, 0.2) is 0 Å². The molecule has 0 amide bonds. The molecule has 0 radical (unpaired) electrons. The normalized spacial score (nSPS) is 21.7. The molecule has 0 aliphatic carbocycles. The molecular formula is C23H30N2O3S. The first-order chi connectivity index (χ1) is 14.0. The van der Waals surface area contributed by atoms with Gasteiger partial charge >= 0.3 is 0 Å². The van der Waals surface area contributed by atoms with Crippen molar-refractivity contribution in [2.45, 2.75) is 31.1 Å². The van der Waals surface area contributed by atoms with Gasteiger partial charge in [-0.15, -0.1) is 0 Å². The fraction of sp³-hybridized carbons (Fsp3) is 0.478. The van der Waals surface area contributed by atoms with Crippen molar-refractivity contribution in [2.75, 3.05) is 39.3 Å². The van der Waals surface area contributed by atoms with E-state index >= 15 is 0 Å². The van der Waals surface area contributed by atoms with Crippen molar-refractivity contribution in [3.8, 4) is 5.75 Å². The van der Waals surface area contributed by atoms with Crippen molar-refractivity contribution in [1.29, 1.82) is 0 Å². The Morgan fingerprint density at radius 2 is 1.69 bits per heavy atom. The Hall–Kier alpha value is -1.89. The molecule has 2 aliphatic rings. The van der Waals surface area contributed by atoms with Gasteiger partial charge in [0.2, 0.25) is 10.0 Å². The van der Waals surface area contributed by atoms with Crippen molar-refractivity contribution in [1.82, 2.24) is 9.21 Å². The van der Waals surface area contributed by atoms with Crippen LogP contribution < -0.4 is 4.74 Å². The lowest BCUT2D eigenvalue weighted by molar-refractivity contribution is 0.0362. The molecule has 0 atom stereocenters. The molecule has 2 aromatic carbocycles. The molecule has 0 bridgehead atoms. The fourth-order valence-corrected chi connectivity index (χ4v) is 6.12. The quantitative estimate of drug-likeness (QED) is 0.769. The summed E-state index contributed by atoms with van der Waals surface area (Å²) in [5.74, 6) is 0.483. The molecule has 2 aliphatic heterocycles. The summed E-state index contributed by atoms with van der Waals surface area (Å²) in [4.78, 5) is 2.78. The van der Waals surface area contributed by atoms with E-state index in [0.717, 1.165) is 38.9 Å². The van der Waals surface area contributed by atoms with E-state index in [2.05, 4.69) is 35.2 Å². The van der Waals surface area contributed by atoms with Crippen molar-refractivity contribution < 1.29 is 13.2 Å². The van der Waals surface area contributed by atoms with Gasteiger partial charge in [0, 0.05) is 25.0 Å². The third-order valence-corrected chi connectivity index (χ3v) is 8.30. The number of ether oxygens (including phenoxy) is 1. The van der Waals surface area contributed by atoms with E-state index in [-0.39, 0.29) is 10.3 Å². The summed E-state index contributed by atoms with van der Waals surface area (Å²) in [6.45, 7) is 6.52. The van der Waals surface area contributed by atoms with Crippen LogP contribution in [-0.2, 0) is 16.4 Å². The minimum atomic E-state index is -3.53. The number of fused-ring (bicyclic) bond motifs is 1. The molecule has 6 heteroatoms. The van der Waals surface area contributed by atoms with Crippen molar-refractivity contribution >= 4 is 10.0 Å². The minimum absolute atomic E-state index is 0.125. The molecule has 2 aromatic rings. The van der Waals surface area contributed by atoms with Crippen LogP contribution in [0.5, 0.6) is 5.75 Å². The van der Waals surface area contributed by atoms with Crippen molar-refractivity contribution in [3.63, 3.8) is 0 Å². The van der Waals surface area contributed by atoms with Crippen LogP contribution in [-0.4, -0.2) is 57.0 Å². The molecule has 4 rings (SSSR count). The first kappa shape index (κ1) is 20.4. The highest BCUT2D eigenvalue weighted by Gasteiger charge is 2.42. The third-order valence-electron chi connectivity index (χ3n) is 6.34. The van der Waals surface area contributed by atoms with Crippen LogP contribution in [0.3, 0.4) is 0 Å².